The Morgan fingerprint density at radius 3 is 1.84 bits per heavy atom. The summed E-state index contributed by atoms with van der Waals surface area (Å²) in [5.41, 5.74) is 0.644. The summed E-state index contributed by atoms with van der Waals surface area (Å²) >= 11 is 0. The van der Waals surface area contributed by atoms with Gasteiger partial charge in [0.25, 0.3) is 0 Å². The van der Waals surface area contributed by atoms with Crippen LogP contribution in [0.1, 0.15) is 133 Å². The molecule has 0 saturated carbocycles. The van der Waals surface area contributed by atoms with E-state index in [0.29, 0.717) is 31.4 Å². The molecule has 6 amide bonds. The third kappa shape index (κ3) is 18.2. The average Bonchev–Trinajstić information content (AvgIpc) is 3.84. The highest BCUT2D eigenvalue weighted by Crippen LogP contribution is 2.31. The smallest absolute Gasteiger partial charge is 0.410 e. The maximum Gasteiger partial charge on any atom is 0.410 e. The second-order valence-electron chi connectivity index (χ2n) is 22.1. The van der Waals surface area contributed by atoms with Crippen LogP contribution in [0.4, 0.5) is 9.59 Å². The van der Waals surface area contributed by atoms with E-state index in [1.807, 2.05) is 77.9 Å². The van der Waals surface area contributed by atoms with Crippen molar-refractivity contribution in [2.45, 2.75) is 182 Å². The Morgan fingerprint density at radius 2 is 1.32 bits per heavy atom. The van der Waals surface area contributed by atoms with E-state index < -0.39 is 90.1 Å². The topological polar surface area (TPSA) is 211 Å². The zero-order valence-electron chi connectivity index (χ0n) is 47.8. The van der Waals surface area contributed by atoms with Crippen molar-refractivity contribution < 1.29 is 57.2 Å². The van der Waals surface area contributed by atoms with E-state index in [4.69, 9.17) is 23.7 Å². The first-order valence-corrected chi connectivity index (χ1v) is 26.6. The van der Waals surface area contributed by atoms with Gasteiger partial charge in [0.05, 0.1) is 42.7 Å². The molecule has 11 atom stereocenters. The van der Waals surface area contributed by atoms with Crippen molar-refractivity contribution in [3.8, 4) is 0 Å². The number of ether oxygens (including phenoxy) is 5. The van der Waals surface area contributed by atoms with Gasteiger partial charge in [-0.15, -0.1) is 0 Å². The Hall–Kier alpha value is -5.75. The predicted octanol–water partition coefficient (Wildman–Crippen LogP) is 7.68. The van der Waals surface area contributed by atoms with Gasteiger partial charge in [0.2, 0.25) is 23.6 Å². The molecule has 1 heterocycles. The molecule has 0 spiro atoms. The number of alkyl carbamates (subject to hydrolysis) is 1. The Kier molecular flexibility index (Phi) is 25.0. The van der Waals surface area contributed by atoms with Crippen molar-refractivity contribution in [1.82, 2.24) is 30.7 Å². The number of hydrogen-bond donors (Lipinski definition) is 3. The molecule has 1 fully saturated rings. The minimum Gasteiger partial charge on any atom is -0.454 e. The number of benzene rings is 2. The second-order valence-corrected chi connectivity index (χ2v) is 22.1. The largest absolute Gasteiger partial charge is 0.454 e. The maximum absolute atomic E-state index is 14.7. The number of carbonyl (C=O) groups is 7. The van der Waals surface area contributed by atoms with Crippen molar-refractivity contribution in [3.63, 3.8) is 0 Å². The molecule has 18 nitrogen and oxygen atoms in total. The highest BCUT2D eigenvalue weighted by atomic mass is 16.6. The number of esters is 1. The van der Waals surface area contributed by atoms with Gasteiger partial charge in [0.1, 0.15) is 36.4 Å². The summed E-state index contributed by atoms with van der Waals surface area (Å²) < 4.78 is 29.2. The number of nitrogens with zero attached hydrogens (tertiary/aromatic N) is 3. The van der Waals surface area contributed by atoms with Crippen LogP contribution < -0.4 is 16.0 Å². The van der Waals surface area contributed by atoms with Gasteiger partial charge in [-0.1, -0.05) is 129 Å². The molecule has 0 unspecified atom stereocenters. The van der Waals surface area contributed by atoms with Crippen molar-refractivity contribution >= 4 is 41.8 Å². The Morgan fingerprint density at radius 1 is 0.733 bits per heavy atom. The lowest BCUT2D eigenvalue weighted by atomic mass is 9.89. The van der Waals surface area contributed by atoms with Crippen LogP contribution in [0.3, 0.4) is 0 Å². The number of rotatable bonds is 26. The predicted molar refractivity (Wildman–Crippen MR) is 287 cm³/mol. The number of amides is 6. The van der Waals surface area contributed by atoms with E-state index in [0.717, 1.165) is 5.56 Å². The molecule has 18 heteroatoms. The molecule has 0 aliphatic carbocycles. The van der Waals surface area contributed by atoms with Crippen LogP contribution in [0.5, 0.6) is 0 Å². The zero-order chi connectivity index (χ0) is 56.5. The number of nitrogens with one attached hydrogen (secondary N) is 3. The van der Waals surface area contributed by atoms with Crippen LogP contribution in [0.25, 0.3) is 0 Å². The van der Waals surface area contributed by atoms with Gasteiger partial charge < -0.3 is 49.4 Å². The molecule has 75 heavy (non-hydrogen) atoms. The summed E-state index contributed by atoms with van der Waals surface area (Å²) in [6.07, 6.45) is -2.05. The molecule has 3 N–H and O–H groups in total. The van der Waals surface area contributed by atoms with Crippen LogP contribution in [0, 0.1) is 29.6 Å². The lowest BCUT2D eigenvalue weighted by Crippen LogP contribution is -2.60. The molecule has 2 aromatic rings. The Bertz CT molecular complexity index is 2150. The van der Waals surface area contributed by atoms with Crippen molar-refractivity contribution in [1.29, 1.82) is 0 Å². The van der Waals surface area contributed by atoms with Gasteiger partial charge in [0.15, 0.2) is 0 Å². The van der Waals surface area contributed by atoms with Crippen LogP contribution in [-0.4, -0.2) is 145 Å². The van der Waals surface area contributed by atoms with E-state index in [2.05, 4.69) is 16.0 Å². The molecule has 2 aromatic carbocycles. The molecular formula is C57H90N6O12. The second kappa shape index (κ2) is 29.5. The quantitative estimate of drug-likeness (QED) is 0.0612. The molecule has 420 valence electrons. The zero-order valence-corrected chi connectivity index (χ0v) is 47.8. The Labute approximate surface area is 447 Å². The number of hydrogen-bond acceptors (Lipinski definition) is 12. The first-order valence-electron chi connectivity index (χ1n) is 26.6. The summed E-state index contributed by atoms with van der Waals surface area (Å²) in [4.78, 5) is 102. The van der Waals surface area contributed by atoms with Crippen LogP contribution in [0.2, 0.25) is 0 Å². The summed E-state index contributed by atoms with van der Waals surface area (Å²) in [7, 11) is 6.20. The van der Waals surface area contributed by atoms with Gasteiger partial charge in [-0.05, 0) is 75.3 Å². The standard InChI is InChI=1S/C57H90N6O12/c1-18-37(8)48(61(14)53(67)45(34(2)3)59-52(66)47(36(6)7)62(15)56(70)73-33-40-26-21-19-22-27-40)43(71-16)32-44(64)63-31-25-30-42(63)49(72-17)38(9)51(65)58-39(10)50(41-28-23-20-24-29-41)74-54(68)46(35(4)5)60-55(69)75-57(11,12)13/h19-24,26-29,34-39,42-43,45-50H,18,25,30-33H2,1-17H3,(H,58,65)(H,59,66)(H,60,69)/t37-,38+,39+,42-,43+,45-,46-,47-,48-,49+,50+/m0/s1. The third-order valence-corrected chi connectivity index (χ3v) is 14.1. The summed E-state index contributed by atoms with van der Waals surface area (Å²) in [5.74, 6) is -4.12. The number of methoxy groups -OCH3 is 2. The fourth-order valence-electron chi connectivity index (χ4n) is 9.80. The van der Waals surface area contributed by atoms with Crippen LogP contribution in [-0.2, 0) is 54.3 Å². The van der Waals surface area contributed by atoms with Gasteiger partial charge in [-0.25, -0.2) is 14.4 Å². The molecule has 1 saturated heterocycles. The molecule has 3 rings (SSSR count). The molecule has 1 aliphatic heterocycles. The van der Waals surface area contributed by atoms with Gasteiger partial charge >= 0.3 is 18.2 Å². The molecule has 1 aliphatic rings. The summed E-state index contributed by atoms with van der Waals surface area (Å²) in [6.45, 7) is 24.0. The fourth-order valence-corrected chi connectivity index (χ4v) is 9.80. The maximum atomic E-state index is 14.7. The van der Waals surface area contributed by atoms with Crippen LogP contribution >= 0.6 is 0 Å². The summed E-state index contributed by atoms with van der Waals surface area (Å²) in [6, 6.07) is 13.5. The van der Waals surface area contributed by atoms with Gasteiger partial charge in [-0.2, -0.15) is 0 Å². The van der Waals surface area contributed by atoms with E-state index in [-0.39, 0.29) is 54.4 Å². The lowest BCUT2D eigenvalue weighted by Gasteiger charge is -2.41. The fraction of sp³-hybridized carbons (Fsp3) is 0.667. The Balaban J connectivity index is 1.80. The highest BCUT2D eigenvalue weighted by molar-refractivity contribution is 5.92. The molecular weight excluding hydrogens is 961 g/mol. The molecule has 0 bridgehead atoms. The monoisotopic (exact) mass is 1050 g/mol. The lowest BCUT2D eigenvalue weighted by molar-refractivity contribution is -0.156. The first kappa shape index (κ1) is 63.5. The minimum absolute atomic E-state index is 0.0346. The molecule has 0 aromatic heterocycles. The van der Waals surface area contributed by atoms with E-state index >= 15 is 0 Å². The first-order chi connectivity index (χ1) is 35.2. The van der Waals surface area contributed by atoms with E-state index in [1.165, 1.54) is 26.2 Å². The van der Waals surface area contributed by atoms with E-state index in [9.17, 15) is 33.6 Å². The van der Waals surface area contributed by atoms with Crippen molar-refractivity contribution in [2.75, 3.05) is 34.9 Å². The average molecular weight is 1050 g/mol. The van der Waals surface area contributed by atoms with Crippen molar-refractivity contribution in [2.24, 2.45) is 29.6 Å². The highest BCUT2D eigenvalue weighted by Gasteiger charge is 2.44. The van der Waals surface area contributed by atoms with Crippen molar-refractivity contribution in [3.05, 3.63) is 71.8 Å². The molecule has 0 radical (unpaired) electrons. The number of likely N-dealkylation sites (tertiary alicyclic amines) is 1. The van der Waals surface area contributed by atoms with Gasteiger partial charge in [0, 0.05) is 34.9 Å². The van der Waals surface area contributed by atoms with Crippen LogP contribution in [0.15, 0.2) is 60.7 Å². The van der Waals surface area contributed by atoms with Gasteiger partial charge in [-0.3, -0.25) is 24.1 Å². The number of likely N-dealkylation sites (N-methyl/N-ethyl adjacent to an activating group) is 2. The van der Waals surface area contributed by atoms with E-state index in [1.54, 1.807) is 89.6 Å². The summed E-state index contributed by atoms with van der Waals surface area (Å²) in [5, 5.41) is 8.65. The SMILES string of the molecule is CC[C@H](C)[C@@H]([C@@H](CC(=O)N1CCC[C@H]1[C@H](OC)[C@@H](C)C(=O)N[C@H](C)[C@@H](OC(=O)[C@@H](NC(=O)OC(C)(C)C)C(C)C)c1ccccc1)OC)N(C)C(=O)[C@@H](NC(=O)[C@H](C(C)C)N(C)C(=O)OCc1ccccc1)C(C)C. The third-order valence-electron chi connectivity index (χ3n) is 14.1. The minimum atomic E-state index is -1.04. The normalized spacial score (nSPS) is 17.8. The number of carbonyl (C=O) groups excluding carboxylic acids is 7.